The van der Waals surface area contributed by atoms with Crippen LogP contribution in [0, 0.1) is 17.8 Å². The second-order valence-electron chi connectivity index (χ2n) is 15.3. The summed E-state index contributed by atoms with van der Waals surface area (Å²) < 4.78 is 6.57. The van der Waals surface area contributed by atoms with Crippen LogP contribution in [0.15, 0.2) is 39.9 Å². The highest BCUT2D eigenvalue weighted by atomic mass is 28.3. The number of anilines is 2. The molecule has 0 bridgehead atoms. The maximum absolute atomic E-state index is 13.2. The van der Waals surface area contributed by atoms with Gasteiger partial charge in [-0.15, -0.1) is 0 Å². The summed E-state index contributed by atoms with van der Waals surface area (Å²) in [6.07, 6.45) is 11.4. The van der Waals surface area contributed by atoms with Crippen molar-refractivity contribution in [2.24, 2.45) is 17.8 Å². The first-order chi connectivity index (χ1) is 21.6. The molecule has 8 nitrogen and oxygen atoms in total. The molecular weight excluding hydrogens is 582 g/mol. The Bertz CT molecular complexity index is 1310. The van der Waals surface area contributed by atoms with Crippen molar-refractivity contribution in [3.05, 3.63) is 56.3 Å². The molecule has 5 rings (SSSR count). The van der Waals surface area contributed by atoms with Crippen LogP contribution in [0.5, 0.6) is 0 Å². The molecule has 1 aliphatic heterocycles. The Morgan fingerprint density at radius 1 is 1.00 bits per heavy atom. The molecule has 2 unspecified atom stereocenters. The third-order valence-corrected chi connectivity index (χ3v) is 12.0. The normalized spacial score (nSPS) is 21.0. The van der Waals surface area contributed by atoms with E-state index in [2.05, 4.69) is 54.1 Å². The smallest absolute Gasteiger partial charge is 0.407 e. The monoisotopic (exact) mass is 637 g/mol. The fourth-order valence-electron chi connectivity index (χ4n) is 7.40. The average molecular weight is 638 g/mol. The molecule has 2 aliphatic carbocycles. The van der Waals surface area contributed by atoms with Crippen LogP contribution in [-0.4, -0.2) is 63.0 Å². The summed E-state index contributed by atoms with van der Waals surface area (Å²) in [5.74, 6) is 1.51. The van der Waals surface area contributed by atoms with Crippen LogP contribution < -0.4 is 21.1 Å². The topological polar surface area (TPSA) is 99.2 Å². The number of nitrogens with zero attached hydrogens (tertiary/aromatic N) is 2. The molecule has 1 heterocycles. The van der Waals surface area contributed by atoms with Gasteiger partial charge in [0.15, 0.2) is 0 Å². The molecule has 2 N–H and O–H groups in total. The van der Waals surface area contributed by atoms with Crippen LogP contribution in [0.25, 0.3) is 0 Å². The van der Waals surface area contributed by atoms with Crippen LogP contribution in [0.4, 0.5) is 16.2 Å². The van der Waals surface area contributed by atoms with E-state index in [1.807, 2.05) is 6.07 Å². The summed E-state index contributed by atoms with van der Waals surface area (Å²) >= 11 is 0. The molecule has 2 aromatic rings. The van der Waals surface area contributed by atoms with Crippen molar-refractivity contribution in [1.29, 1.82) is 0 Å². The molecule has 3 aliphatic rings. The molecule has 248 valence electrons. The lowest BCUT2D eigenvalue weighted by Gasteiger charge is -2.40. The van der Waals surface area contributed by atoms with Gasteiger partial charge in [-0.3, -0.25) is 9.59 Å². The number of rotatable bonds is 16. The van der Waals surface area contributed by atoms with Gasteiger partial charge in [0.05, 0.1) is 6.10 Å². The standard InChI is InChI=1S/C36H55N3O5Si/c1-45(2,3)22-20-39(36(42)43)25-30(23-27-11-6-4-7-12-27)37-31-32(34(41)33(31)40)38-19-10-15-29(24-38)35(28-13-8-5-9-14-28)44-21-18-26-16-17-26/h5,8-9,13-14,26-27,29-30,35,37H,4,6-7,10-12,15-25H2,1-3H3,(H,42,43)/t29?,30-,35?/m1/s1. The highest BCUT2D eigenvalue weighted by molar-refractivity contribution is 6.76. The molecule has 2 saturated carbocycles. The van der Waals surface area contributed by atoms with E-state index in [0.29, 0.717) is 36.9 Å². The summed E-state index contributed by atoms with van der Waals surface area (Å²) in [5, 5.41) is 13.6. The fourth-order valence-corrected chi connectivity index (χ4v) is 8.34. The number of nitrogens with one attached hydrogen (secondary N) is 1. The summed E-state index contributed by atoms with van der Waals surface area (Å²) in [6.45, 7) is 9.73. The largest absolute Gasteiger partial charge is 0.465 e. The molecular formula is C36H55N3O5Si. The van der Waals surface area contributed by atoms with E-state index in [4.69, 9.17) is 4.74 Å². The van der Waals surface area contributed by atoms with Crippen molar-refractivity contribution in [3.63, 3.8) is 0 Å². The van der Waals surface area contributed by atoms with E-state index >= 15 is 0 Å². The molecule has 0 radical (unpaired) electrons. The second kappa shape index (κ2) is 15.3. The number of hydrogen-bond donors (Lipinski definition) is 2. The summed E-state index contributed by atoms with van der Waals surface area (Å²) in [7, 11) is -1.44. The first-order valence-corrected chi connectivity index (χ1v) is 21.3. The van der Waals surface area contributed by atoms with Crippen molar-refractivity contribution < 1.29 is 14.6 Å². The second-order valence-corrected chi connectivity index (χ2v) is 20.9. The van der Waals surface area contributed by atoms with Crippen molar-refractivity contribution in [3.8, 4) is 0 Å². The molecule has 3 atom stereocenters. The van der Waals surface area contributed by atoms with Crippen LogP contribution in [-0.2, 0) is 4.74 Å². The van der Waals surface area contributed by atoms with Crippen molar-refractivity contribution >= 4 is 25.5 Å². The quantitative estimate of drug-likeness (QED) is 0.149. The number of hydrogen-bond acceptors (Lipinski definition) is 6. The van der Waals surface area contributed by atoms with Gasteiger partial charge < -0.3 is 25.0 Å². The molecule has 2 aromatic carbocycles. The van der Waals surface area contributed by atoms with Crippen LogP contribution in [0.1, 0.15) is 82.3 Å². The molecule has 0 spiro atoms. The number of carbonyl (C=O) groups is 1. The highest BCUT2D eigenvalue weighted by Crippen LogP contribution is 2.38. The van der Waals surface area contributed by atoms with Gasteiger partial charge in [0, 0.05) is 52.8 Å². The maximum Gasteiger partial charge on any atom is 0.407 e. The number of amides is 1. The predicted molar refractivity (Wildman–Crippen MR) is 185 cm³/mol. The minimum absolute atomic E-state index is 0.0508. The SMILES string of the molecule is C[Si](C)(C)CCN(C[C@@H](CC1CCCCC1)Nc1c(N2CCCC(C(OCCC3CC3)c3ccccc3)C2)c(=O)c1=O)C(=O)O. The van der Waals surface area contributed by atoms with Crippen molar-refractivity contribution in [2.75, 3.05) is 43.0 Å². The minimum atomic E-state index is -1.44. The van der Waals surface area contributed by atoms with E-state index in [0.717, 1.165) is 63.6 Å². The number of carboxylic acid groups (broad SMARTS) is 1. The van der Waals surface area contributed by atoms with Crippen molar-refractivity contribution in [1.82, 2.24) is 4.90 Å². The first kappa shape index (κ1) is 33.7. The van der Waals surface area contributed by atoms with Gasteiger partial charge in [-0.1, -0.05) is 94.9 Å². The molecule has 1 amide bonds. The summed E-state index contributed by atoms with van der Waals surface area (Å²) in [5.41, 5.74) is 1.16. The van der Waals surface area contributed by atoms with Crippen LogP contribution >= 0.6 is 0 Å². The van der Waals surface area contributed by atoms with E-state index in [1.165, 1.54) is 42.6 Å². The Kier molecular flexibility index (Phi) is 11.5. The third kappa shape index (κ3) is 9.44. The van der Waals surface area contributed by atoms with E-state index in [1.54, 1.807) is 0 Å². The van der Waals surface area contributed by atoms with Crippen molar-refractivity contribution in [2.45, 2.75) is 108 Å². The third-order valence-electron chi connectivity index (χ3n) is 10.3. The fraction of sp³-hybridized carbons (Fsp3) is 0.694. The Morgan fingerprint density at radius 2 is 1.73 bits per heavy atom. The molecule has 3 fully saturated rings. The van der Waals surface area contributed by atoms with E-state index < -0.39 is 25.0 Å². The number of piperidine rings is 1. The molecule has 0 aromatic heterocycles. The minimum Gasteiger partial charge on any atom is -0.465 e. The lowest BCUT2D eigenvalue weighted by Crippen LogP contribution is -2.49. The Balaban J connectivity index is 1.33. The Hall–Kier alpha value is -2.65. The zero-order valence-corrected chi connectivity index (χ0v) is 28.8. The lowest BCUT2D eigenvalue weighted by atomic mass is 9.84. The van der Waals surface area contributed by atoms with Gasteiger partial charge in [-0.2, -0.15) is 0 Å². The summed E-state index contributed by atoms with van der Waals surface area (Å²) in [4.78, 5) is 42.3. The Labute approximate surface area is 270 Å². The van der Waals surface area contributed by atoms with E-state index in [9.17, 15) is 19.5 Å². The van der Waals surface area contributed by atoms with E-state index in [-0.39, 0.29) is 18.1 Å². The highest BCUT2D eigenvalue weighted by Gasteiger charge is 2.36. The van der Waals surface area contributed by atoms with Gasteiger partial charge in [0.1, 0.15) is 11.4 Å². The van der Waals surface area contributed by atoms with Gasteiger partial charge in [0.25, 0.3) is 10.9 Å². The zero-order valence-electron chi connectivity index (χ0n) is 27.8. The molecule has 9 heteroatoms. The van der Waals surface area contributed by atoms with Gasteiger partial charge >= 0.3 is 6.09 Å². The number of ether oxygens (including phenoxy) is 1. The van der Waals surface area contributed by atoms with Gasteiger partial charge in [0.2, 0.25) is 0 Å². The average Bonchev–Trinajstić information content (AvgIpc) is 3.86. The maximum atomic E-state index is 13.2. The van der Waals surface area contributed by atoms with Gasteiger partial charge in [-0.05, 0) is 49.1 Å². The number of benzene rings is 1. The first-order valence-electron chi connectivity index (χ1n) is 17.6. The molecule has 45 heavy (non-hydrogen) atoms. The van der Waals surface area contributed by atoms with Gasteiger partial charge in [-0.25, -0.2) is 4.79 Å². The predicted octanol–water partition coefficient (Wildman–Crippen LogP) is 7.13. The zero-order chi connectivity index (χ0) is 32.0. The van der Waals surface area contributed by atoms with Crippen LogP contribution in [0.2, 0.25) is 25.7 Å². The summed E-state index contributed by atoms with van der Waals surface area (Å²) in [6, 6.07) is 11.1. The van der Waals surface area contributed by atoms with Crippen LogP contribution in [0.3, 0.4) is 0 Å². The Morgan fingerprint density at radius 3 is 2.40 bits per heavy atom. The lowest BCUT2D eigenvalue weighted by molar-refractivity contribution is 0.00303. The molecule has 1 saturated heterocycles.